The second-order valence-corrected chi connectivity index (χ2v) is 4.61. The number of carbonyl (C=O) groups excluding carboxylic acids is 1. The van der Waals surface area contributed by atoms with Crippen molar-refractivity contribution in [2.75, 3.05) is 6.54 Å². The number of likely N-dealkylation sites (N-methyl/N-ethyl adjacent to an activating group) is 1. The smallest absolute Gasteiger partial charge is 0.267 e. The normalized spacial score (nSPS) is 10.3. The van der Waals surface area contributed by atoms with Crippen molar-refractivity contribution in [3.05, 3.63) is 51.8 Å². The summed E-state index contributed by atoms with van der Waals surface area (Å²) in [5, 5.41) is 7.46. The molecule has 0 saturated carbocycles. The molecule has 0 aliphatic carbocycles. The maximum absolute atomic E-state index is 11.7. The molecule has 0 atom stereocenters. The predicted octanol–water partition coefficient (Wildman–Crippen LogP) is 1.70. The van der Waals surface area contributed by atoms with E-state index in [4.69, 9.17) is 11.6 Å². The maximum atomic E-state index is 11.7. The first-order valence-corrected chi connectivity index (χ1v) is 6.58. The van der Waals surface area contributed by atoms with Gasteiger partial charge in [-0.1, -0.05) is 23.7 Å². The zero-order valence-electron chi connectivity index (χ0n) is 11.0. The fraction of sp³-hybridized carbons (Fsp3) is 0.214. The fourth-order valence-electron chi connectivity index (χ4n) is 1.73. The minimum atomic E-state index is -0.311. The number of hydrogen-bond donors (Lipinski definition) is 1. The Morgan fingerprint density at radius 1 is 1.25 bits per heavy atom. The van der Waals surface area contributed by atoms with Gasteiger partial charge in [0.2, 0.25) is 5.91 Å². The van der Waals surface area contributed by atoms with Gasteiger partial charge in [0.15, 0.2) is 0 Å². The molecule has 2 aromatic rings. The van der Waals surface area contributed by atoms with Crippen LogP contribution in [-0.2, 0) is 11.3 Å². The molecule has 0 aliphatic rings. The number of nitrogens with zero attached hydrogens (tertiary/aromatic N) is 2. The summed E-state index contributed by atoms with van der Waals surface area (Å²) in [4.78, 5) is 23.2. The lowest BCUT2D eigenvalue weighted by Gasteiger charge is -2.07. The largest absolute Gasteiger partial charge is 0.355 e. The van der Waals surface area contributed by atoms with E-state index in [-0.39, 0.29) is 18.0 Å². The summed E-state index contributed by atoms with van der Waals surface area (Å²) in [6, 6.07) is 10.1. The Morgan fingerprint density at radius 2 is 1.95 bits per heavy atom. The van der Waals surface area contributed by atoms with Gasteiger partial charge in [-0.15, -0.1) is 0 Å². The molecule has 104 valence electrons. The highest BCUT2D eigenvalue weighted by Crippen LogP contribution is 2.18. The van der Waals surface area contributed by atoms with Crippen molar-refractivity contribution < 1.29 is 4.79 Å². The van der Waals surface area contributed by atoms with E-state index in [0.717, 1.165) is 10.2 Å². The van der Waals surface area contributed by atoms with E-state index in [1.165, 1.54) is 6.07 Å². The molecule has 0 unspecified atom stereocenters. The van der Waals surface area contributed by atoms with Crippen molar-refractivity contribution in [2.45, 2.75) is 13.5 Å². The minimum absolute atomic E-state index is 0.0892. The van der Waals surface area contributed by atoms with Crippen LogP contribution < -0.4 is 10.9 Å². The Hall–Kier alpha value is -2.14. The zero-order chi connectivity index (χ0) is 14.5. The summed E-state index contributed by atoms with van der Waals surface area (Å²) in [7, 11) is 0. The lowest BCUT2D eigenvalue weighted by Crippen LogP contribution is -2.33. The van der Waals surface area contributed by atoms with Gasteiger partial charge in [-0.3, -0.25) is 9.59 Å². The van der Waals surface area contributed by atoms with E-state index in [1.807, 2.05) is 19.1 Å². The Labute approximate surface area is 121 Å². The topological polar surface area (TPSA) is 64.0 Å². The molecule has 6 heteroatoms. The third kappa shape index (κ3) is 3.45. The van der Waals surface area contributed by atoms with Crippen molar-refractivity contribution in [2.24, 2.45) is 0 Å². The van der Waals surface area contributed by atoms with E-state index in [2.05, 4.69) is 10.4 Å². The van der Waals surface area contributed by atoms with E-state index in [1.54, 1.807) is 18.2 Å². The van der Waals surface area contributed by atoms with Crippen LogP contribution in [-0.4, -0.2) is 22.2 Å². The van der Waals surface area contributed by atoms with Gasteiger partial charge in [-0.25, -0.2) is 4.68 Å². The van der Waals surface area contributed by atoms with Gasteiger partial charge in [0.05, 0.1) is 5.69 Å². The lowest BCUT2D eigenvalue weighted by atomic mass is 10.1. The number of hydrogen-bond acceptors (Lipinski definition) is 3. The third-order valence-electron chi connectivity index (χ3n) is 2.67. The molecule has 1 amide bonds. The van der Waals surface area contributed by atoms with Crippen molar-refractivity contribution in [3.8, 4) is 11.3 Å². The van der Waals surface area contributed by atoms with Gasteiger partial charge in [-0.05, 0) is 25.1 Å². The van der Waals surface area contributed by atoms with Crippen LogP contribution in [0.25, 0.3) is 11.3 Å². The van der Waals surface area contributed by atoms with Gasteiger partial charge < -0.3 is 5.32 Å². The van der Waals surface area contributed by atoms with E-state index in [0.29, 0.717) is 17.3 Å². The highest BCUT2D eigenvalue weighted by Gasteiger charge is 2.07. The molecule has 0 fully saturated rings. The van der Waals surface area contributed by atoms with E-state index in [9.17, 15) is 9.59 Å². The standard InChI is InChI=1S/C14H14ClN3O2/c1-2-16-13(19)9-18-14(20)8-7-12(17-18)10-3-5-11(15)6-4-10/h3-8H,2,9H2,1H3,(H,16,19). The first-order valence-electron chi connectivity index (χ1n) is 6.21. The van der Waals surface area contributed by atoms with Crippen LogP contribution in [0.15, 0.2) is 41.2 Å². The van der Waals surface area contributed by atoms with Gasteiger partial charge in [0.25, 0.3) is 5.56 Å². The number of halogens is 1. The van der Waals surface area contributed by atoms with Crippen LogP contribution in [0.2, 0.25) is 5.02 Å². The van der Waals surface area contributed by atoms with E-state index < -0.39 is 0 Å². The Morgan fingerprint density at radius 3 is 2.60 bits per heavy atom. The zero-order valence-corrected chi connectivity index (χ0v) is 11.7. The molecule has 0 aliphatic heterocycles. The van der Waals surface area contributed by atoms with Crippen molar-refractivity contribution >= 4 is 17.5 Å². The molecule has 1 aromatic carbocycles. The van der Waals surface area contributed by atoms with Crippen LogP contribution >= 0.6 is 11.6 Å². The average molecular weight is 292 g/mol. The summed E-state index contributed by atoms with van der Waals surface area (Å²) in [6.07, 6.45) is 0. The highest BCUT2D eigenvalue weighted by molar-refractivity contribution is 6.30. The molecular weight excluding hydrogens is 278 g/mol. The van der Waals surface area contributed by atoms with Crippen LogP contribution in [0.4, 0.5) is 0 Å². The van der Waals surface area contributed by atoms with Gasteiger partial charge in [0.1, 0.15) is 6.54 Å². The SMILES string of the molecule is CCNC(=O)Cn1nc(-c2ccc(Cl)cc2)ccc1=O. The average Bonchev–Trinajstić information content (AvgIpc) is 2.42. The Bertz CT molecular complexity index is 665. The highest BCUT2D eigenvalue weighted by atomic mass is 35.5. The van der Waals surface area contributed by atoms with Crippen molar-refractivity contribution in [1.29, 1.82) is 0 Å². The van der Waals surface area contributed by atoms with Gasteiger partial charge >= 0.3 is 0 Å². The number of nitrogens with one attached hydrogen (secondary N) is 1. The number of aromatic nitrogens is 2. The van der Waals surface area contributed by atoms with Crippen LogP contribution in [0, 0.1) is 0 Å². The first-order chi connectivity index (χ1) is 9.60. The second-order valence-electron chi connectivity index (χ2n) is 4.17. The molecule has 0 saturated heterocycles. The molecule has 5 nitrogen and oxygen atoms in total. The van der Waals surface area contributed by atoms with Crippen molar-refractivity contribution in [1.82, 2.24) is 15.1 Å². The molecular formula is C14H14ClN3O2. The summed E-state index contributed by atoms with van der Waals surface area (Å²) < 4.78 is 1.15. The fourth-order valence-corrected chi connectivity index (χ4v) is 1.85. The number of carbonyl (C=O) groups is 1. The molecule has 0 radical (unpaired) electrons. The number of rotatable bonds is 4. The van der Waals surface area contributed by atoms with Crippen LogP contribution in [0.3, 0.4) is 0 Å². The second kappa shape index (κ2) is 6.34. The van der Waals surface area contributed by atoms with Crippen molar-refractivity contribution in [3.63, 3.8) is 0 Å². The Kier molecular flexibility index (Phi) is 4.53. The van der Waals surface area contributed by atoms with Gasteiger partial charge in [0, 0.05) is 23.2 Å². The summed E-state index contributed by atoms with van der Waals surface area (Å²) in [5.41, 5.74) is 1.14. The monoisotopic (exact) mass is 291 g/mol. The minimum Gasteiger partial charge on any atom is -0.355 e. The third-order valence-corrected chi connectivity index (χ3v) is 2.93. The molecule has 1 heterocycles. The number of amides is 1. The van der Waals surface area contributed by atoms with Crippen LogP contribution in [0.1, 0.15) is 6.92 Å². The van der Waals surface area contributed by atoms with Gasteiger partial charge in [-0.2, -0.15) is 5.10 Å². The summed E-state index contributed by atoms with van der Waals surface area (Å²) in [6.45, 7) is 2.25. The maximum Gasteiger partial charge on any atom is 0.267 e. The molecule has 2 rings (SSSR count). The lowest BCUT2D eigenvalue weighted by molar-refractivity contribution is -0.121. The Balaban J connectivity index is 2.31. The van der Waals surface area contributed by atoms with E-state index >= 15 is 0 Å². The molecule has 0 spiro atoms. The summed E-state index contributed by atoms with van der Waals surface area (Å²) >= 11 is 5.83. The molecule has 1 N–H and O–H groups in total. The van der Waals surface area contributed by atoms with Crippen LogP contribution in [0.5, 0.6) is 0 Å². The molecule has 1 aromatic heterocycles. The quantitative estimate of drug-likeness (QED) is 0.932. The number of benzene rings is 1. The molecule has 20 heavy (non-hydrogen) atoms. The summed E-state index contributed by atoms with van der Waals surface area (Å²) in [5.74, 6) is -0.240. The predicted molar refractivity (Wildman–Crippen MR) is 77.6 cm³/mol. The molecule has 0 bridgehead atoms. The first kappa shape index (κ1) is 14.3.